The van der Waals surface area contributed by atoms with Crippen molar-refractivity contribution in [3.05, 3.63) is 252 Å². The number of rotatable bonds is 7. The third-order valence-electron chi connectivity index (χ3n) is 20.2. The van der Waals surface area contributed by atoms with Crippen LogP contribution >= 0.6 is 0 Å². The molecule has 93 heavy (non-hydrogen) atoms. The highest BCUT2D eigenvalue weighted by molar-refractivity contribution is 7.00. The smallest absolute Gasteiger partial charge is 0.252 e. The van der Waals surface area contributed by atoms with Crippen LogP contribution in [-0.2, 0) is 27.1 Å². The van der Waals surface area contributed by atoms with Crippen molar-refractivity contribution in [1.29, 1.82) is 0 Å². The SMILES string of the molecule is CC(C)(C)c1ccc(N(c2ccc(C(C)(C)C)cc2)c2ccc3c(c2)N(c2ccc4oc5ccccc5c4c2)c2cc(N(c4ccccc4)c4ccccc4)cc4c2B3c2cc(C(C)(C)C)cc3c2N4c2cc(C(C)(C)C)cc4c5cc(C(C)(C)C)ccc5n-3c24)cc1. The quantitative estimate of drug-likeness (QED) is 0.148. The topological polar surface area (TPSA) is 31.0 Å². The number of anilines is 12. The summed E-state index contributed by atoms with van der Waals surface area (Å²) in [6, 6.07) is 85.6. The Hall–Kier alpha value is -9.72. The van der Waals surface area contributed by atoms with Gasteiger partial charge in [0.1, 0.15) is 11.2 Å². The highest BCUT2D eigenvalue weighted by atomic mass is 16.3. The van der Waals surface area contributed by atoms with Crippen molar-refractivity contribution in [3.63, 3.8) is 0 Å². The number of hydrogen-bond donors (Lipinski definition) is 0. The molecule has 0 amide bonds. The van der Waals surface area contributed by atoms with Crippen LogP contribution in [0.4, 0.5) is 68.2 Å². The Morgan fingerprint density at radius 2 is 0.796 bits per heavy atom. The fraction of sp³-hybridized carbons (Fsp3) is 0.233. The fourth-order valence-corrected chi connectivity index (χ4v) is 15.0. The van der Waals surface area contributed by atoms with Crippen molar-refractivity contribution >= 4 is 135 Å². The van der Waals surface area contributed by atoms with E-state index < -0.39 is 0 Å². The molecule has 2 aromatic heterocycles. The molecular formula is C86H82BN5O. The first-order valence-electron chi connectivity index (χ1n) is 33.3. The molecule has 0 aliphatic carbocycles. The van der Waals surface area contributed by atoms with Crippen LogP contribution in [0.15, 0.2) is 229 Å². The number of hydrogen-bond acceptors (Lipinski definition) is 5. The molecule has 0 saturated heterocycles. The molecule has 16 rings (SSSR count). The van der Waals surface area contributed by atoms with Gasteiger partial charge < -0.3 is 28.6 Å². The molecule has 3 aliphatic rings. The lowest BCUT2D eigenvalue weighted by molar-refractivity contribution is 0.590. The molecule has 0 N–H and O–H groups in total. The van der Waals surface area contributed by atoms with Crippen LogP contribution in [0.3, 0.4) is 0 Å². The summed E-state index contributed by atoms with van der Waals surface area (Å²) in [6.45, 7) is 34.9. The van der Waals surface area contributed by atoms with Gasteiger partial charge in [-0.25, -0.2) is 0 Å². The summed E-state index contributed by atoms with van der Waals surface area (Å²) in [5, 5.41) is 4.73. The summed E-state index contributed by atoms with van der Waals surface area (Å²) in [5.41, 5.74) is 28.6. The van der Waals surface area contributed by atoms with Gasteiger partial charge in [-0.2, -0.15) is 0 Å². The standard InChI is InChI=1S/C86H82BN5O/c1-82(2,3)53-30-35-60(36-31-53)88(61-37-32-54(33-38-61)83(4,5)6)63-39-41-69-72(50-63)90(62-40-43-78-67(49-62)65-28-22-23-29-77(65)93-78)73-51-64(89(58-24-18-16-19-25-58)59-26-20-17-21-27-59)52-74-79(73)87(69)70-46-57(86(13,14)15)48-76-81(70)92(74)75-47-56(85(10,11)12)45-68-66-44-55(84(7,8)9)34-42-71(66)91(76)80(68)75/h16-52H,1-15H3. The molecule has 0 bridgehead atoms. The molecule has 0 saturated carbocycles. The molecular weight excluding hydrogens is 1130 g/mol. The zero-order valence-corrected chi connectivity index (χ0v) is 56.6. The molecule has 0 unspecified atom stereocenters. The first-order chi connectivity index (χ1) is 44.3. The summed E-state index contributed by atoms with van der Waals surface area (Å²) in [6.07, 6.45) is 0. The second kappa shape index (κ2) is 20.4. The summed E-state index contributed by atoms with van der Waals surface area (Å²) in [7, 11) is 0. The molecule has 5 heterocycles. The predicted molar refractivity (Wildman–Crippen MR) is 399 cm³/mol. The maximum atomic E-state index is 6.67. The van der Waals surface area contributed by atoms with E-state index in [2.05, 4.69) is 352 Å². The molecule has 0 radical (unpaired) electrons. The van der Waals surface area contributed by atoms with Gasteiger partial charge in [-0.15, -0.1) is 0 Å². The van der Waals surface area contributed by atoms with E-state index in [0.717, 1.165) is 78.8 Å². The minimum Gasteiger partial charge on any atom is -0.456 e. The van der Waals surface area contributed by atoms with Gasteiger partial charge in [0.15, 0.2) is 0 Å². The first-order valence-corrected chi connectivity index (χ1v) is 33.3. The number of benzene rings is 11. The molecule has 6 nitrogen and oxygen atoms in total. The number of aromatic nitrogens is 1. The summed E-state index contributed by atoms with van der Waals surface area (Å²) < 4.78 is 9.32. The van der Waals surface area contributed by atoms with Gasteiger partial charge in [0.25, 0.3) is 6.71 Å². The van der Waals surface area contributed by atoms with Gasteiger partial charge in [-0.3, -0.25) is 0 Å². The Labute approximate surface area is 549 Å². The molecule has 460 valence electrons. The fourth-order valence-electron chi connectivity index (χ4n) is 15.0. The molecule has 0 fully saturated rings. The van der Waals surface area contributed by atoms with Crippen LogP contribution in [0, 0.1) is 0 Å². The highest BCUT2D eigenvalue weighted by Crippen LogP contribution is 2.56. The minimum atomic E-state index is -0.200. The number of fused-ring (bicyclic) bond motifs is 12. The van der Waals surface area contributed by atoms with Gasteiger partial charge >= 0.3 is 0 Å². The number of para-hydroxylation sites is 3. The minimum absolute atomic E-state index is 0.0145. The van der Waals surface area contributed by atoms with Gasteiger partial charge in [0.2, 0.25) is 0 Å². The highest BCUT2D eigenvalue weighted by Gasteiger charge is 2.48. The van der Waals surface area contributed by atoms with Crippen molar-refractivity contribution in [1.82, 2.24) is 4.57 Å². The zero-order chi connectivity index (χ0) is 64.6. The summed E-state index contributed by atoms with van der Waals surface area (Å²) in [5.74, 6) is 0. The molecule has 0 spiro atoms. The lowest BCUT2D eigenvalue weighted by Gasteiger charge is -2.47. The monoisotopic (exact) mass is 1210 g/mol. The van der Waals surface area contributed by atoms with E-state index in [0.29, 0.717) is 0 Å². The molecule has 11 aromatic carbocycles. The van der Waals surface area contributed by atoms with E-state index in [4.69, 9.17) is 4.42 Å². The van der Waals surface area contributed by atoms with E-state index in [1.165, 1.54) is 83.1 Å². The lowest BCUT2D eigenvalue weighted by atomic mass is 9.33. The maximum absolute atomic E-state index is 6.67. The largest absolute Gasteiger partial charge is 0.456 e. The van der Waals surface area contributed by atoms with Gasteiger partial charge in [0, 0.05) is 72.7 Å². The van der Waals surface area contributed by atoms with Crippen LogP contribution in [0.25, 0.3) is 49.4 Å². The van der Waals surface area contributed by atoms with Gasteiger partial charge in [0.05, 0.1) is 33.8 Å². The Bertz CT molecular complexity index is 5080. The van der Waals surface area contributed by atoms with E-state index in [1.807, 2.05) is 0 Å². The predicted octanol–water partition coefficient (Wildman–Crippen LogP) is 22.5. The molecule has 0 atom stereocenters. The van der Waals surface area contributed by atoms with E-state index in [1.54, 1.807) is 0 Å². The average molecular weight is 1210 g/mol. The van der Waals surface area contributed by atoms with Crippen LogP contribution in [0.1, 0.15) is 132 Å². The van der Waals surface area contributed by atoms with Crippen LogP contribution in [-0.4, -0.2) is 11.3 Å². The third kappa shape index (κ3) is 9.34. The van der Waals surface area contributed by atoms with E-state index >= 15 is 0 Å². The van der Waals surface area contributed by atoms with Crippen molar-refractivity contribution in [2.24, 2.45) is 0 Å². The average Bonchev–Trinajstić information content (AvgIpc) is 1.67. The van der Waals surface area contributed by atoms with Crippen molar-refractivity contribution in [2.45, 2.75) is 131 Å². The van der Waals surface area contributed by atoms with Crippen molar-refractivity contribution in [2.75, 3.05) is 19.6 Å². The molecule has 13 aromatic rings. The third-order valence-corrected chi connectivity index (χ3v) is 20.2. The van der Waals surface area contributed by atoms with Crippen LogP contribution in [0.2, 0.25) is 0 Å². The maximum Gasteiger partial charge on any atom is 0.252 e. The first kappa shape index (κ1) is 58.4. The molecule has 7 heteroatoms. The number of furan rings is 1. The second-order valence-electron chi connectivity index (χ2n) is 31.6. The van der Waals surface area contributed by atoms with Crippen LogP contribution < -0.4 is 36.0 Å². The normalized spacial score (nSPS) is 13.7. The number of nitrogens with zero attached hydrogens (tertiary/aromatic N) is 5. The Morgan fingerprint density at radius 1 is 0.312 bits per heavy atom. The van der Waals surface area contributed by atoms with Crippen molar-refractivity contribution in [3.8, 4) is 5.69 Å². The summed E-state index contributed by atoms with van der Waals surface area (Å²) in [4.78, 5) is 10.2. The van der Waals surface area contributed by atoms with Gasteiger partial charge in [-0.1, -0.05) is 201 Å². The zero-order valence-electron chi connectivity index (χ0n) is 56.6. The Balaban J connectivity index is 1.07. The van der Waals surface area contributed by atoms with E-state index in [9.17, 15) is 0 Å². The Morgan fingerprint density at radius 3 is 1.40 bits per heavy atom. The summed E-state index contributed by atoms with van der Waals surface area (Å²) >= 11 is 0. The second-order valence-corrected chi connectivity index (χ2v) is 31.6. The van der Waals surface area contributed by atoms with E-state index in [-0.39, 0.29) is 33.8 Å². The lowest BCUT2D eigenvalue weighted by Crippen LogP contribution is -2.62. The van der Waals surface area contributed by atoms with Crippen LogP contribution in [0.5, 0.6) is 0 Å². The Kier molecular flexibility index (Phi) is 12.8. The molecule has 3 aliphatic heterocycles. The van der Waals surface area contributed by atoms with Crippen molar-refractivity contribution < 1.29 is 4.42 Å². The van der Waals surface area contributed by atoms with Gasteiger partial charge in [-0.05, 0) is 199 Å².